The highest BCUT2D eigenvalue weighted by Gasteiger charge is 2.33. The number of fused-ring (bicyclic) bond motifs is 1. The molecule has 0 spiro atoms. The molecule has 0 N–H and O–H groups in total. The first kappa shape index (κ1) is 18.0. The van der Waals surface area contributed by atoms with Crippen molar-refractivity contribution in [2.24, 2.45) is 0 Å². The highest BCUT2D eigenvalue weighted by molar-refractivity contribution is 6.30. The van der Waals surface area contributed by atoms with Crippen LogP contribution in [0.25, 0.3) is 0 Å². The molecule has 1 atom stereocenters. The second kappa shape index (κ2) is 7.34. The molecule has 0 aliphatic carbocycles. The van der Waals surface area contributed by atoms with Gasteiger partial charge in [-0.05, 0) is 58.7 Å². The summed E-state index contributed by atoms with van der Waals surface area (Å²) in [5.74, 6) is -0.287. The second-order valence-corrected chi connectivity index (χ2v) is 7.49. The number of halogens is 3. The van der Waals surface area contributed by atoms with Crippen molar-refractivity contribution < 1.29 is 9.18 Å². The number of carbonyl (C=O) groups excluding carboxylic acids is 1. The Balaban J connectivity index is 1.80. The summed E-state index contributed by atoms with van der Waals surface area (Å²) in [5.41, 5.74) is 3.75. The zero-order valence-electron chi connectivity index (χ0n) is 14.3. The van der Waals surface area contributed by atoms with Crippen LogP contribution in [0.15, 0.2) is 66.7 Å². The lowest BCUT2D eigenvalue weighted by atomic mass is 9.87. The van der Waals surface area contributed by atoms with Gasteiger partial charge in [0.1, 0.15) is 5.82 Å². The molecule has 0 saturated heterocycles. The summed E-state index contributed by atoms with van der Waals surface area (Å²) in [6.45, 7) is 0.435. The molecule has 1 aliphatic rings. The van der Waals surface area contributed by atoms with Crippen molar-refractivity contribution >= 4 is 29.1 Å². The van der Waals surface area contributed by atoms with E-state index in [1.54, 1.807) is 18.2 Å². The molecule has 1 aliphatic heterocycles. The van der Waals surface area contributed by atoms with E-state index in [0.717, 1.165) is 22.3 Å². The monoisotopic (exact) mass is 399 g/mol. The number of hydrogen-bond donors (Lipinski definition) is 0. The van der Waals surface area contributed by atoms with Gasteiger partial charge in [-0.1, -0.05) is 53.5 Å². The summed E-state index contributed by atoms with van der Waals surface area (Å²) >= 11 is 12.2. The van der Waals surface area contributed by atoms with Gasteiger partial charge in [0.15, 0.2) is 0 Å². The average Bonchev–Trinajstić information content (AvgIpc) is 2.65. The van der Waals surface area contributed by atoms with Crippen molar-refractivity contribution in [3.63, 3.8) is 0 Å². The third kappa shape index (κ3) is 3.71. The van der Waals surface area contributed by atoms with Crippen LogP contribution in [0.5, 0.6) is 0 Å². The maximum atomic E-state index is 13.5. The van der Waals surface area contributed by atoms with E-state index in [9.17, 15) is 9.18 Å². The molecule has 3 aromatic rings. The molecule has 3 aromatic carbocycles. The molecule has 1 heterocycles. The minimum atomic E-state index is -0.323. The van der Waals surface area contributed by atoms with Gasteiger partial charge in [-0.2, -0.15) is 0 Å². The zero-order valence-corrected chi connectivity index (χ0v) is 15.8. The van der Waals surface area contributed by atoms with E-state index < -0.39 is 0 Å². The Morgan fingerprint density at radius 2 is 1.59 bits per heavy atom. The van der Waals surface area contributed by atoms with Crippen molar-refractivity contribution in [1.82, 2.24) is 4.90 Å². The van der Waals surface area contributed by atoms with Gasteiger partial charge in [-0.3, -0.25) is 4.79 Å². The second-order valence-electron chi connectivity index (χ2n) is 6.62. The molecule has 1 unspecified atom stereocenters. The van der Waals surface area contributed by atoms with Crippen LogP contribution in [0.4, 0.5) is 4.39 Å². The molecule has 0 radical (unpaired) electrons. The molecule has 0 saturated carbocycles. The lowest BCUT2D eigenvalue weighted by Crippen LogP contribution is -2.40. The van der Waals surface area contributed by atoms with E-state index in [2.05, 4.69) is 0 Å². The maximum absolute atomic E-state index is 13.5. The summed E-state index contributed by atoms with van der Waals surface area (Å²) in [4.78, 5) is 14.8. The van der Waals surface area contributed by atoms with E-state index >= 15 is 0 Å². The highest BCUT2D eigenvalue weighted by atomic mass is 35.5. The summed E-state index contributed by atoms with van der Waals surface area (Å²) in [6.07, 6.45) is 0.317. The van der Waals surface area contributed by atoms with Gasteiger partial charge in [0, 0.05) is 16.6 Å². The SMILES string of the molecule is O=C1Cc2ccc(Cl)cc2C(c2ccc(F)cc2)N1Cc1ccc(Cl)cc1. The van der Waals surface area contributed by atoms with E-state index in [-0.39, 0.29) is 17.8 Å². The Labute approximate surface area is 167 Å². The molecule has 0 bridgehead atoms. The van der Waals surface area contributed by atoms with Gasteiger partial charge >= 0.3 is 0 Å². The summed E-state index contributed by atoms with van der Waals surface area (Å²) in [6, 6.07) is 19.0. The standard InChI is InChI=1S/C22H16Cl2FNO/c23-17-6-1-14(2-7-17)13-26-21(27)11-16-3-8-18(24)12-20(16)22(26)15-4-9-19(25)10-5-15/h1-10,12,22H,11,13H2. The Bertz CT molecular complexity index is 986. The predicted octanol–water partition coefficient (Wildman–Crippen LogP) is 5.81. The first-order chi connectivity index (χ1) is 13.0. The molecular weight excluding hydrogens is 384 g/mol. The molecular formula is C22H16Cl2FNO. The molecule has 136 valence electrons. The fourth-order valence-electron chi connectivity index (χ4n) is 3.53. The molecule has 5 heteroatoms. The molecule has 27 heavy (non-hydrogen) atoms. The number of carbonyl (C=O) groups is 1. The van der Waals surface area contributed by atoms with Crippen LogP contribution in [0.3, 0.4) is 0 Å². The first-order valence-electron chi connectivity index (χ1n) is 8.59. The van der Waals surface area contributed by atoms with Crippen LogP contribution in [0.2, 0.25) is 10.0 Å². The molecule has 0 fully saturated rings. The third-order valence-electron chi connectivity index (χ3n) is 4.83. The van der Waals surface area contributed by atoms with E-state index in [0.29, 0.717) is 23.0 Å². The van der Waals surface area contributed by atoms with Crippen LogP contribution >= 0.6 is 23.2 Å². The van der Waals surface area contributed by atoms with Crippen LogP contribution in [0.1, 0.15) is 28.3 Å². The summed E-state index contributed by atoms with van der Waals surface area (Å²) < 4.78 is 13.5. The van der Waals surface area contributed by atoms with Crippen molar-refractivity contribution in [3.8, 4) is 0 Å². The van der Waals surface area contributed by atoms with Gasteiger partial charge in [0.2, 0.25) is 5.91 Å². The van der Waals surface area contributed by atoms with E-state index in [1.807, 2.05) is 41.3 Å². The summed E-state index contributed by atoms with van der Waals surface area (Å²) in [7, 11) is 0. The molecule has 2 nitrogen and oxygen atoms in total. The van der Waals surface area contributed by atoms with E-state index in [4.69, 9.17) is 23.2 Å². The largest absolute Gasteiger partial charge is 0.327 e. The lowest BCUT2D eigenvalue weighted by molar-refractivity contribution is -0.133. The predicted molar refractivity (Wildman–Crippen MR) is 105 cm³/mol. The normalized spacial score (nSPS) is 16.3. The average molecular weight is 400 g/mol. The van der Waals surface area contributed by atoms with Crippen molar-refractivity contribution in [2.45, 2.75) is 19.0 Å². The molecule has 4 rings (SSSR count). The number of benzene rings is 3. The third-order valence-corrected chi connectivity index (χ3v) is 5.32. The van der Waals surface area contributed by atoms with Crippen LogP contribution in [-0.4, -0.2) is 10.8 Å². The highest BCUT2D eigenvalue weighted by Crippen LogP contribution is 2.38. The van der Waals surface area contributed by atoms with Crippen LogP contribution in [0, 0.1) is 5.82 Å². The minimum Gasteiger partial charge on any atom is -0.327 e. The number of amides is 1. The van der Waals surface area contributed by atoms with E-state index in [1.165, 1.54) is 12.1 Å². The molecule has 0 aromatic heterocycles. The smallest absolute Gasteiger partial charge is 0.228 e. The number of hydrogen-bond acceptors (Lipinski definition) is 1. The Morgan fingerprint density at radius 1 is 0.926 bits per heavy atom. The van der Waals surface area contributed by atoms with Gasteiger partial charge in [0.25, 0.3) is 0 Å². The first-order valence-corrected chi connectivity index (χ1v) is 9.34. The van der Waals surface area contributed by atoms with Gasteiger partial charge in [0.05, 0.1) is 12.5 Å². The van der Waals surface area contributed by atoms with Crippen molar-refractivity contribution in [2.75, 3.05) is 0 Å². The Morgan fingerprint density at radius 3 is 2.30 bits per heavy atom. The molecule has 1 amide bonds. The lowest BCUT2D eigenvalue weighted by Gasteiger charge is -2.38. The Kier molecular flexibility index (Phi) is 4.90. The van der Waals surface area contributed by atoms with Crippen LogP contribution in [-0.2, 0) is 17.8 Å². The van der Waals surface area contributed by atoms with Gasteiger partial charge in [-0.25, -0.2) is 4.39 Å². The maximum Gasteiger partial charge on any atom is 0.228 e. The number of rotatable bonds is 3. The minimum absolute atomic E-state index is 0.0223. The summed E-state index contributed by atoms with van der Waals surface area (Å²) in [5, 5.41) is 1.26. The number of nitrogens with zero attached hydrogens (tertiary/aromatic N) is 1. The van der Waals surface area contributed by atoms with Crippen molar-refractivity contribution in [1.29, 1.82) is 0 Å². The fourth-order valence-corrected chi connectivity index (χ4v) is 3.83. The topological polar surface area (TPSA) is 20.3 Å². The zero-order chi connectivity index (χ0) is 19.0. The van der Waals surface area contributed by atoms with Crippen molar-refractivity contribution in [3.05, 3.63) is 105 Å². The van der Waals surface area contributed by atoms with Crippen LogP contribution < -0.4 is 0 Å². The van der Waals surface area contributed by atoms with Gasteiger partial charge in [-0.15, -0.1) is 0 Å². The Hall–Kier alpha value is -2.36. The quantitative estimate of drug-likeness (QED) is 0.544. The fraction of sp³-hybridized carbons (Fsp3) is 0.136. The van der Waals surface area contributed by atoms with Gasteiger partial charge < -0.3 is 4.90 Å².